The molecule has 128 valence electrons. The highest BCUT2D eigenvalue weighted by Gasteiger charge is 2.46. The van der Waals surface area contributed by atoms with E-state index >= 15 is 0 Å². The Morgan fingerprint density at radius 3 is 2.57 bits per heavy atom. The van der Waals surface area contributed by atoms with Crippen molar-refractivity contribution in [3.05, 3.63) is 0 Å². The van der Waals surface area contributed by atoms with Gasteiger partial charge in [0, 0.05) is 37.6 Å². The molecule has 0 unspecified atom stereocenters. The molecular weight excluding hydrogens is 290 g/mol. The minimum absolute atomic E-state index is 0.0832. The lowest BCUT2D eigenvalue weighted by Gasteiger charge is -2.35. The molecule has 4 fully saturated rings. The first-order chi connectivity index (χ1) is 11.2. The molecule has 3 heterocycles. The summed E-state index contributed by atoms with van der Waals surface area (Å²) >= 11 is 0. The van der Waals surface area contributed by atoms with Gasteiger partial charge in [-0.05, 0) is 51.6 Å². The van der Waals surface area contributed by atoms with Crippen molar-refractivity contribution in [2.75, 3.05) is 26.2 Å². The van der Waals surface area contributed by atoms with Crippen LogP contribution < -0.4 is 0 Å². The summed E-state index contributed by atoms with van der Waals surface area (Å²) in [6.07, 6.45) is 7.45. The van der Waals surface area contributed by atoms with Gasteiger partial charge in [-0.25, -0.2) is 0 Å². The molecule has 1 aliphatic carbocycles. The number of rotatable bonds is 4. The smallest absolute Gasteiger partial charge is 0.228 e. The molecule has 0 aromatic carbocycles. The van der Waals surface area contributed by atoms with E-state index in [1.54, 1.807) is 0 Å². The zero-order valence-corrected chi connectivity index (χ0v) is 14.2. The second kappa shape index (κ2) is 6.08. The van der Waals surface area contributed by atoms with Gasteiger partial charge in [-0.2, -0.15) is 0 Å². The fraction of sp³-hybridized carbons (Fsp3) is 0.889. The molecule has 5 nitrogen and oxygen atoms in total. The average Bonchev–Trinajstić information content (AvgIpc) is 2.99. The van der Waals surface area contributed by atoms with Crippen molar-refractivity contribution >= 4 is 11.8 Å². The van der Waals surface area contributed by atoms with Crippen molar-refractivity contribution in [3.63, 3.8) is 0 Å². The van der Waals surface area contributed by atoms with Crippen LogP contribution in [-0.2, 0) is 9.59 Å². The van der Waals surface area contributed by atoms with Gasteiger partial charge in [0.2, 0.25) is 11.8 Å². The highest BCUT2D eigenvalue weighted by molar-refractivity contribution is 5.89. The zero-order chi connectivity index (χ0) is 16.0. The van der Waals surface area contributed by atoms with Crippen LogP contribution in [0.1, 0.15) is 51.9 Å². The van der Waals surface area contributed by atoms with Crippen molar-refractivity contribution < 1.29 is 9.59 Å². The Morgan fingerprint density at radius 2 is 1.83 bits per heavy atom. The first-order valence-electron chi connectivity index (χ1n) is 9.53. The van der Waals surface area contributed by atoms with Gasteiger partial charge in [-0.3, -0.25) is 14.5 Å². The van der Waals surface area contributed by atoms with Crippen LogP contribution in [-0.4, -0.2) is 70.8 Å². The molecule has 23 heavy (non-hydrogen) atoms. The second-order valence-electron chi connectivity index (χ2n) is 7.76. The molecule has 4 aliphatic rings. The molecule has 3 atom stereocenters. The van der Waals surface area contributed by atoms with E-state index in [1.807, 2.05) is 4.90 Å². The minimum Gasteiger partial charge on any atom is -0.339 e. The Hall–Kier alpha value is -1.10. The number of hydrogen-bond donors (Lipinski definition) is 0. The summed E-state index contributed by atoms with van der Waals surface area (Å²) in [4.78, 5) is 31.9. The largest absolute Gasteiger partial charge is 0.339 e. The van der Waals surface area contributed by atoms with Gasteiger partial charge < -0.3 is 9.80 Å². The Balaban J connectivity index is 1.44. The van der Waals surface area contributed by atoms with Crippen molar-refractivity contribution in [2.24, 2.45) is 5.92 Å². The Morgan fingerprint density at radius 1 is 1.09 bits per heavy atom. The molecule has 3 saturated heterocycles. The highest BCUT2D eigenvalue weighted by Crippen LogP contribution is 2.35. The third kappa shape index (κ3) is 2.77. The van der Waals surface area contributed by atoms with Gasteiger partial charge in [-0.15, -0.1) is 0 Å². The van der Waals surface area contributed by atoms with E-state index in [9.17, 15) is 9.59 Å². The lowest BCUT2D eigenvalue weighted by molar-refractivity contribution is -0.137. The van der Waals surface area contributed by atoms with Crippen LogP contribution in [0.2, 0.25) is 0 Å². The number of amides is 2. The molecule has 0 bridgehead atoms. The maximum atomic E-state index is 13.1. The SMILES string of the molecule is CCN1CCC[C@@H]1[C@@H]1CCCN1C(=O)[C@H]1CC(=O)N(C2CC2)C1. The predicted octanol–water partition coefficient (Wildman–Crippen LogP) is 1.47. The van der Waals surface area contributed by atoms with E-state index in [4.69, 9.17) is 0 Å². The van der Waals surface area contributed by atoms with Gasteiger partial charge in [0.1, 0.15) is 0 Å². The van der Waals surface area contributed by atoms with Crippen LogP contribution in [0.4, 0.5) is 0 Å². The van der Waals surface area contributed by atoms with Gasteiger partial charge >= 0.3 is 0 Å². The topological polar surface area (TPSA) is 43.9 Å². The third-order valence-electron chi connectivity index (χ3n) is 6.34. The molecule has 2 amide bonds. The van der Waals surface area contributed by atoms with E-state index < -0.39 is 0 Å². The maximum Gasteiger partial charge on any atom is 0.228 e. The first-order valence-corrected chi connectivity index (χ1v) is 9.53. The molecule has 0 radical (unpaired) electrons. The summed E-state index contributed by atoms with van der Waals surface area (Å²) in [5.74, 6) is 0.379. The summed E-state index contributed by atoms with van der Waals surface area (Å²) in [7, 11) is 0. The normalized spacial score (nSPS) is 35.5. The lowest BCUT2D eigenvalue weighted by Crippen LogP contribution is -2.50. The Labute approximate surface area is 139 Å². The average molecular weight is 319 g/mol. The Kier molecular flexibility index (Phi) is 4.08. The Bertz CT molecular complexity index is 491. The van der Waals surface area contributed by atoms with E-state index in [1.165, 1.54) is 19.4 Å². The van der Waals surface area contributed by atoms with Crippen molar-refractivity contribution in [3.8, 4) is 0 Å². The molecule has 3 aliphatic heterocycles. The standard InChI is InChI=1S/C18H29N3O2/c1-2-19-9-3-5-15(19)16-6-4-10-20(16)18(23)13-11-17(22)21(12-13)14-7-8-14/h13-16H,2-12H2,1H3/t13-,15+,16-/m0/s1. The number of nitrogens with zero attached hydrogens (tertiary/aromatic N) is 3. The fourth-order valence-corrected chi connectivity index (χ4v) is 5.02. The van der Waals surface area contributed by atoms with Crippen molar-refractivity contribution in [1.82, 2.24) is 14.7 Å². The van der Waals surface area contributed by atoms with Crippen LogP contribution in [0.15, 0.2) is 0 Å². The molecule has 0 N–H and O–H groups in total. The van der Waals surface area contributed by atoms with Crippen LogP contribution in [0, 0.1) is 5.92 Å². The molecular formula is C18H29N3O2. The quantitative estimate of drug-likeness (QED) is 0.788. The molecule has 0 spiro atoms. The van der Waals surface area contributed by atoms with Crippen molar-refractivity contribution in [2.45, 2.75) is 70.0 Å². The molecule has 4 rings (SSSR count). The number of hydrogen-bond acceptors (Lipinski definition) is 3. The molecule has 0 aromatic rings. The highest BCUT2D eigenvalue weighted by atomic mass is 16.2. The van der Waals surface area contributed by atoms with Gasteiger partial charge in [0.25, 0.3) is 0 Å². The van der Waals surface area contributed by atoms with Crippen LogP contribution in [0.5, 0.6) is 0 Å². The molecule has 0 aromatic heterocycles. The number of likely N-dealkylation sites (N-methyl/N-ethyl adjacent to an activating group) is 1. The van der Waals surface area contributed by atoms with Crippen LogP contribution >= 0.6 is 0 Å². The van der Waals surface area contributed by atoms with E-state index in [0.29, 0.717) is 31.1 Å². The van der Waals surface area contributed by atoms with Crippen LogP contribution in [0.3, 0.4) is 0 Å². The third-order valence-corrected chi connectivity index (χ3v) is 6.34. The van der Waals surface area contributed by atoms with Gasteiger partial charge in [-0.1, -0.05) is 6.92 Å². The summed E-state index contributed by atoms with van der Waals surface area (Å²) in [5.41, 5.74) is 0. The fourth-order valence-electron chi connectivity index (χ4n) is 5.02. The lowest BCUT2D eigenvalue weighted by atomic mass is 10.0. The van der Waals surface area contributed by atoms with E-state index in [2.05, 4.69) is 16.7 Å². The minimum atomic E-state index is -0.0832. The number of carbonyl (C=O) groups is 2. The second-order valence-corrected chi connectivity index (χ2v) is 7.76. The zero-order valence-electron chi connectivity index (χ0n) is 14.2. The number of likely N-dealkylation sites (tertiary alicyclic amines) is 3. The summed E-state index contributed by atoms with van der Waals surface area (Å²) in [5, 5.41) is 0. The van der Waals surface area contributed by atoms with Gasteiger partial charge in [0.05, 0.1) is 5.92 Å². The predicted molar refractivity (Wildman–Crippen MR) is 87.8 cm³/mol. The van der Waals surface area contributed by atoms with E-state index in [0.717, 1.165) is 38.8 Å². The maximum absolute atomic E-state index is 13.1. The summed E-state index contributed by atoms with van der Waals surface area (Å²) in [6.45, 7) is 6.06. The monoisotopic (exact) mass is 319 g/mol. The van der Waals surface area contributed by atoms with Gasteiger partial charge in [0.15, 0.2) is 0 Å². The van der Waals surface area contributed by atoms with Crippen molar-refractivity contribution in [1.29, 1.82) is 0 Å². The first kappa shape index (κ1) is 15.4. The molecule has 5 heteroatoms. The number of carbonyl (C=O) groups excluding carboxylic acids is 2. The van der Waals surface area contributed by atoms with Crippen LogP contribution in [0.25, 0.3) is 0 Å². The summed E-state index contributed by atoms with van der Waals surface area (Å²) in [6, 6.07) is 1.37. The van der Waals surface area contributed by atoms with E-state index in [-0.39, 0.29) is 17.7 Å². The molecule has 1 saturated carbocycles. The summed E-state index contributed by atoms with van der Waals surface area (Å²) < 4.78 is 0.